The smallest absolute Gasteiger partial charge is 0.225 e. The van der Waals surface area contributed by atoms with Crippen molar-refractivity contribution < 1.29 is 4.79 Å². The number of piperazine rings is 1. The van der Waals surface area contributed by atoms with Crippen LogP contribution >= 0.6 is 11.3 Å². The molecule has 1 aromatic heterocycles. The molecule has 1 unspecified atom stereocenters. The van der Waals surface area contributed by atoms with E-state index < -0.39 is 0 Å². The molecule has 1 aliphatic carbocycles. The summed E-state index contributed by atoms with van der Waals surface area (Å²) in [5, 5.41) is 8.96. The van der Waals surface area contributed by atoms with E-state index in [9.17, 15) is 4.79 Å². The third-order valence-corrected chi connectivity index (χ3v) is 6.79. The monoisotopic (exact) mass is 419 g/mol. The molecule has 0 aromatic carbocycles. The fourth-order valence-electron chi connectivity index (χ4n) is 3.86. The minimum Gasteiger partial charge on any atom is -0.357 e. The van der Waals surface area contributed by atoms with E-state index >= 15 is 0 Å². The molecule has 162 valence electrons. The van der Waals surface area contributed by atoms with Crippen molar-refractivity contribution >= 4 is 23.2 Å². The third kappa shape index (κ3) is 7.00. The van der Waals surface area contributed by atoms with Gasteiger partial charge in [0.2, 0.25) is 5.91 Å². The van der Waals surface area contributed by atoms with Crippen LogP contribution in [0.25, 0.3) is 0 Å². The van der Waals surface area contributed by atoms with Crippen LogP contribution in [0.4, 0.5) is 0 Å². The molecule has 2 N–H and O–H groups in total. The van der Waals surface area contributed by atoms with Gasteiger partial charge in [-0.1, -0.05) is 19.4 Å². The van der Waals surface area contributed by atoms with Gasteiger partial charge in [0, 0.05) is 63.2 Å². The lowest BCUT2D eigenvalue weighted by Crippen LogP contribution is -2.52. The van der Waals surface area contributed by atoms with Crippen LogP contribution in [0, 0.1) is 11.8 Å². The first kappa shape index (κ1) is 22.1. The zero-order valence-corrected chi connectivity index (χ0v) is 18.8. The molecular formula is C22H37N5OS. The first-order chi connectivity index (χ1) is 14.2. The van der Waals surface area contributed by atoms with E-state index in [4.69, 9.17) is 4.99 Å². The number of hydrogen-bond acceptors (Lipinski definition) is 4. The standard InChI is InChI=1S/C22H37N5OS/c1-3-23-22(25-17-18(2)16-20-8-5-15-29-20)24-9-10-26-11-13-27(14-12-26)21(28)19-6-4-7-19/h5,8,15,18-19H,3-4,6-7,9-14,16-17H2,1-2H3,(H2,23,24,25). The van der Waals surface area contributed by atoms with E-state index in [1.165, 1.54) is 11.3 Å². The molecule has 1 amide bonds. The maximum atomic E-state index is 12.4. The average Bonchev–Trinajstić information content (AvgIpc) is 3.18. The molecule has 0 spiro atoms. The van der Waals surface area contributed by atoms with Crippen LogP contribution in [-0.4, -0.2) is 74.0 Å². The Morgan fingerprint density at radius 2 is 2.07 bits per heavy atom. The molecule has 1 saturated heterocycles. The second-order valence-electron chi connectivity index (χ2n) is 8.33. The summed E-state index contributed by atoms with van der Waals surface area (Å²) < 4.78 is 0. The molecule has 2 heterocycles. The van der Waals surface area contributed by atoms with Crippen molar-refractivity contribution in [1.82, 2.24) is 20.4 Å². The molecule has 3 rings (SSSR count). The Kier molecular flexibility index (Phi) is 8.80. The molecular weight excluding hydrogens is 382 g/mol. The van der Waals surface area contributed by atoms with Crippen LogP contribution in [0.5, 0.6) is 0 Å². The summed E-state index contributed by atoms with van der Waals surface area (Å²) in [7, 11) is 0. The van der Waals surface area contributed by atoms with Gasteiger partial charge in [-0.25, -0.2) is 0 Å². The maximum Gasteiger partial charge on any atom is 0.225 e. The van der Waals surface area contributed by atoms with Crippen LogP contribution in [-0.2, 0) is 11.2 Å². The number of amides is 1. The van der Waals surface area contributed by atoms with Crippen molar-refractivity contribution in [1.29, 1.82) is 0 Å². The topological polar surface area (TPSA) is 60.0 Å². The van der Waals surface area contributed by atoms with Crippen LogP contribution in [0.2, 0.25) is 0 Å². The fraction of sp³-hybridized carbons (Fsp3) is 0.727. The highest BCUT2D eigenvalue weighted by molar-refractivity contribution is 7.09. The maximum absolute atomic E-state index is 12.4. The average molecular weight is 420 g/mol. The van der Waals surface area contributed by atoms with Gasteiger partial charge < -0.3 is 15.5 Å². The third-order valence-electron chi connectivity index (χ3n) is 5.89. The number of carbonyl (C=O) groups is 1. The van der Waals surface area contributed by atoms with E-state index in [0.29, 0.717) is 17.7 Å². The van der Waals surface area contributed by atoms with Crippen LogP contribution in [0.15, 0.2) is 22.5 Å². The largest absolute Gasteiger partial charge is 0.357 e. The lowest BCUT2D eigenvalue weighted by molar-refractivity contribution is -0.139. The van der Waals surface area contributed by atoms with Crippen molar-refractivity contribution in [2.45, 2.75) is 39.5 Å². The predicted octanol–water partition coefficient (Wildman–Crippen LogP) is 2.43. The molecule has 1 aromatic rings. The quantitative estimate of drug-likeness (QED) is 0.477. The molecule has 1 aliphatic heterocycles. The zero-order chi connectivity index (χ0) is 20.5. The summed E-state index contributed by atoms with van der Waals surface area (Å²) in [4.78, 5) is 23.1. The first-order valence-corrected chi connectivity index (χ1v) is 12.1. The van der Waals surface area contributed by atoms with Crippen LogP contribution < -0.4 is 10.6 Å². The zero-order valence-electron chi connectivity index (χ0n) is 18.0. The summed E-state index contributed by atoms with van der Waals surface area (Å²) in [5.41, 5.74) is 0. The highest BCUT2D eigenvalue weighted by Gasteiger charge is 2.30. The number of nitrogens with one attached hydrogen (secondary N) is 2. The van der Waals surface area contributed by atoms with Crippen molar-refractivity contribution in [3.63, 3.8) is 0 Å². The number of guanidine groups is 1. The second-order valence-corrected chi connectivity index (χ2v) is 9.36. The molecule has 0 radical (unpaired) electrons. The highest BCUT2D eigenvalue weighted by Crippen LogP contribution is 2.28. The minimum atomic E-state index is 0.323. The number of hydrogen-bond donors (Lipinski definition) is 2. The summed E-state index contributed by atoms with van der Waals surface area (Å²) in [6.07, 6.45) is 4.51. The Bertz CT molecular complexity index is 636. The van der Waals surface area contributed by atoms with Gasteiger partial charge in [0.15, 0.2) is 5.96 Å². The normalized spacial score (nSPS) is 19.7. The van der Waals surface area contributed by atoms with Crippen LogP contribution in [0.1, 0.15) is 38.0 Å². The van der Waals surface area contributed by atoms with E-state index in [-0.39, 0.29) is 0 Å². The Labute approximate surface area is 179 Å². The van der Waals surface area contributed by atoms with Crippen molar-refractivity contribution in [3.8, 4) is 0 Å². The summed E-state index contributed by atoms with van der Waals surface area (Å²) in [6.45, 7) is 11.6. The number of aliphatic imine (C=N–C) groups is 1. The van der Waals surface area contributed by atoms with Crippen molar-refractivity contribution in [2.75, 3.05) is 52.4 Å². The molecule has 0 bridgehead atoms. The summed E-state index contributed by atoms with van der Waals surface area (Å²) in [6, 6.07) is 4.32. The van der Waals surface area contributed by atoms with Crippen LogP contribution in [0.3, 0.4) is 0 Å². The van der Waals surface area contributed by atoms with Gasteiger partial charge in [-0.15, -0.1) is 11.3 Å². The number of thiophene rings is 1. The molecule has 29 heavy (non-hydrogen) atoms. The number of carbonyl (C=O) groups excluding carboxylic acids is 1. The molecule has 1 atom stereocenters. The Hall–Kier alpha value is -1.60. The van der Waals surface area contributed by atoms with Gasteiger partial charge in [-0.05, 0) is 43.6 Å². The molecule has 6 nitrogen and oxygen atoms in total. The Morgan fingerprint density at radius 1 is 1.28 bits per heavy atom. The van der Waals surface area contributed by atoms with Gasteiger partial charge in [0.1, 0.15) is 0 Å². The summed E-state index contributed by atoms with van der Waals surface area (Å²) in [5.74, 6) is 2.16. The van der Waals surface area contributed by atoms with Gasteiger partial charge in [-0.2, -0.15) is 0 Å². The van der Waals surface area contributed by atoms with Crippen molar-refractivity contribution in [2.24, 2.45) is 16.8 Å². The summed E-state index contributed by atoms with van der Waals surface area (Å²) >= 11 is 1.82. The van der Waals surface area contributed by atoms with Gasteiger partial charge in [0.05, 0.1) is 0 Å². The molecule has 2 aliphatic rings. The lowest BCUT2D eigenvalue weighted by Gasteiger charge is -2.38. The number of nitrogens with zero attached hydrogens (tertiary/aromatic N) is 3. The first-order valence-electron chi connectivity index (χ1n) is 11.2. The fourth-order valence-corrected chi connectivity index (χ4v) is 4.73. The van der Waals surface area contributed by atoms with Crippen molar-refractivity contribution in [3.05, 3.63) is 22.4 Å². The Balaban J connectivity index is 1.34. The molecule has 1 saturated carbocycles. The van der Waals surface area contributed by atoms with E-state index in [0.717, 1.165) is 77.6 Å². The molecule has 7 heteroatoms. The van der Waals surface area contributed by atoms with Gasteiger partial charge in [0.25, 0.3) is 0 Å². The van der Waals surface area contributed by atoms with E-state index in [2.05, 4.69) is 51.8 Å². The minimum absolute atomic E-state index is 0.323. The Morgan fingerprint density at radius 3 is 2.69 bits per heavy atom. The number of rotatable bonds is 9. The molecule has 2 fully saturated rings. The second kappa shape index (κ2) is 11.6. The highest BCUT2D eigenvalue weighted by atomic mass is 32.1. The van der Waals surface area contributed by atoms with E-state index in [1.54, 1.807) is 0 Å². The lowest BCUT2D eigenvalue weighted by atomic mass is 9.84. The van der Waals surface area contributed by atoms with E-state index in [1.807, 2.05) is 11.3 Å². The van der Waals surface area contributed by atoms with Gasteiger partial charge in [-0.3, -0.25) is 14.7 Å². The SMILES string of the molecule is CCNC(=NCC(C)Cc1cccs1)NCCN1CCN(C(=O)C2CCC2)CC1. The van der Waals surface area contributed by atoms with Gasteiger partial charge >= 0.3 is 0 Å². The predicted molar refractivity (Wildman–Crippen MR) is 122 cm³/mol.